The van der Waals surface area contributed by atoms with Gasteiger partial charge in [0.25, 0.3) is 0 Å². The van der Waals surface area contributed by atoms with Crippen molar-refractivity contribution >= 4 is 5.69 Å². The normalized spacial score (nSPS) is 21.4. The molecule has 0 radical (unpaired) electrons. The number of para-hydroxylation sites is 1. The monoisotopic (exact) mass is 220 g/mol. The summed E-state index contributed by atoms with van der Waals surface area (Å²) in [6, 6.07) is 10.6. The van der Waals surface area contributed by atoms with Gasteiger partial charge >= 0.3 is 0 Å². The molecule has 0 saturated carbocycles. The molecular weight excluding hydrogens is 200 g/mol. The molecule has 0 aromatic heterocycles. The van der Waals surface area contributed by atoms with Gasteiger partial charge in [0.1, 0.15) is 0 Å². The molecular formula is C13H20N2O. The van der Waals surface area contributed by atoms with Crippen LogP contribution < -0.4 is 4.90 Å². The minimum atomic E-state index is 0.323. The lowest BCUT2D eigenvalue weighted by molar-refractivity contribution is 0.0248. The molecule has 3 nitrogen and oxygen atoms in total. The molecule has 0 bridgehead atoms. The van der Waals surface area contributed by atoms with Gasteiger partial charge in [-0.05, 0) is 26.2 Å². The van der Waals surface area contributed by atoms with E-state index < -0.39 is 0 Å². The number of hydrogen-bond acceptors (Lipinski definition) is 3. The van der Waals surface area contributed by atoms with Gasteiger partial charge in [0.05, 0.1) is 12.7 Å². The van der Waals surface area contributed by atoms with Crippen molar-refractivity contribution in [1.29, 1.82) is 0 Å². The first-order chi connectivity index (χ1) is 7.75. The van der Waals surface area contributed by atoms with E-state index in [4.69, 9.17) is 4.74 Å². The molecule has 1 aromatic carbocycles. The first-order valence-electron chi connectivity index (χ1n) is 5.82. The Morgan fingerprint density at radius 1 is 1.31 bits per heavy atom. The summed E-state index contributed by atoms with van der Waals surface area (Å²) in [6.45, 7) is 3.80. The molecule has 0 N–H and O–H groups in total. The first kappa shape index (κ1) is 11.4. The highest BCUT2D eigenvalue weighted by molar-refractivity contribution is 5.46. The van der Waals surface area contributed by atoms with Crippen molar-refractivity contribution in [3.05, 3.63) is 30.3 Å². The number of likely N-dealkylation sites (N-methyl/N-ethyl adjacent to an activating group) is 1. The van der Waals surface area contributed by atoms with E-state index in [0.29, 0.717) is 6.10 Å². The fourth-order valence-corrected chi connectivity index (χ4v) is 2.11. The Bertz CT molecular complexity index is 313. The molecule has 1 fully saturated rings. The lowest BCUT2D eigenvalue weighted by Gasteiger charge is -2.35. The van der Waals surface area contributed by atoms with Crippen LogP contribution in [0.2, 0.25) is 0 Å². The molecule has 88 valence electrons. The molecule has 0 spiro atoms. The molecule has 0 amide bonds. The second kappa shape index (κ2) is 5.32. The van der Waals surface area contributed by atoms with Crippen LogP contribution in [0, 0.1) is 0 Å². The van der Waals surface area contributed by atoms with Crippen LogP contribution in [0.4, 0.5) is 5.69 Å². The summed E-state index contributed by atoms with van der Waals surface area (Å²) >= 11 is 0. The standard InChI is InChI=1S/C13H20N2O/c1-14(2)10-13-11-15(8-9-16-13)12-6-4-3-5-7-12/h3-7,13H,8-11H2,1-2H3/t13-/m1/s1. The summed E-state index contributed by atoms with van der Waals surface area (Å²) in [5.41, 5.74) is 1.30. The highest BCUT2D eigenvalue weighted by atomic mass is 16.5. The predicted molar refractivity (Wildman–Crippen MR) is 66.9 cm³/mol. The Hall–Kier alpha value is -1.06. The van der Waals surface area contributed by atoms with Crippen LogP contribution in [0.1, 0.15) is 0 Å². The molecule has 16 heavy (non-hydrogen) atoms. The number of benzene rings is 1. The molecule has 1 heterocycles. The molecule has 1 atom stereocenters. The SMILES string of the molecule is CN(C)C[C@@H]1CN(c2ccccc2)CCO1. The molecule has 2 rings (SSSR count). The number of ether oxygens (including phenoxy) is 1. The van der Waals surface area contributed by atoms with Gasteiger partial charge in [0.2, 0.25) is 0 Å². The minimum absolute atomic E-state index is 0.323. The lowest BCUT2D eigenvalue weighted by atomic mass is 10.2. The second-order valence-corrected chi connectivity index (χ2v) is 4.54. The third-order valence-electron chi connectivity index (χ3n) is 2.83. The van der Waals surface area contributed by atoms with Gasteiger partial charge < -0.3 is 14.5 Å². The van der Waals surface area contributed by atoms with Gasteiger partial charge in [-0.25, -0.2) is 0 Å². The van der Waals surface area contributed by atoms with Gasteiger partial charge in [-0.2, -0.15) is 0 Å². The van der Waals surface area contributed by atoms with Crippen LogP contribution in [0.5, 0.6) is 0 Å². The Kier molecular flexibility index (Phi) is 3.80. The smallest absolute Gasteiger partial charge is 0.0877 e. The highest BCUT2D eigenvalue weighted by Gasteiger charge is 2.20. The van der Waals surface area contributed by atoms with Gasteiger partial charge in [-0.1, -0.05) is 18.2 Å². The van der Waals surface area contributed by atoms with E-state index in [9.17, 15) is 0 Å². The fraction of sp³-hybridized carbons (Fsp3) is 0.538. The van der Waals surface area contributed by atoms with Crippen LogP contribution >= 0.6 is 0 Å². The Balaban J connectivity index is 1.97. The topological polar surface area (TPSA) is 15.7 Å². The van der Waals surface area contributed by atoms with Crippen molar-refractivity contribution in [3.8, 4) is 0 Å². The summed E-state index contributed by atoms with van der Waals surface area (Å²) in [5, 5.41) is 0. The number of anilines is 1. The van der Waals surface area contributed by atoms with Crippen molar-refractivity contribution in [3.63, 3.8) is 0 Å². The fourth-order valence-electron chi connectivity index (χ4n) is 2.11. The summed E-state index contributed by atoms with van der Waals surface area (Å²) < 4.78 is 5.76. The highest BCUT2D eigenvalue weighted by Crippen LogP contribution is 2.17. The maximum absolute atomic E-state index is 5.76. The van der Waals surface area contributed by atoms with Crippen molar-refractivity contribution in [2.75, 3.05) is 45.2 Å². The third-order valence-corrected chi connectivity index (χ3v) is 2.83. The molecule has 1 aliphatic heterocycles. The third kappa shape index (κ3) is 2.97. The molecule has 3 heteroatoms. The zero-order valence-electron chi connectivity index (χ0n) is 10.1. The average molecular weight is 220 g/mol. The maximum Gasteiger partial charge on any atom is 0.0877 e. The summed E-state index contributed by atoms with van der Waals surface area (Å²) in [4.78, 5) is 4.58. The summed E-state index contributed by atoms with van der Waals surface area (Å²) in [6.07, 6.45) is 0.323. The number of rotatable bonds is 3. The molecule has 0 aliphatic carbocycles. The Morgan fingerprint density at radius 3 is 2.75 bits per heavy atom. The number of morpholine rings is 1. The molecule has 0 unspecified atom stereocenters. The van der Waals surface area contributed by atoms with E-state index in [1.54, 1.807) is 0 Å². The quantitative estimate of drug-likeness (QED) is 0.767. The van der Waals surface area contributed by atoms with E-state index in [1.807, 2.05) is 0 Å². The lowest BCUT2D eigenvalue weighted by Crippen LogP contribution is -2.46. The van der Waals surface area contributed by atoms with Crippen LogP contribution in [0.25, 0.3) is 0 Å². The van der Waals surface area contributed by atoms with Crippen LogP contribution in [-0.4, -0.2) is 51.3 Å². The zero-order valence-corrected chi connectivity index (χ0v) is 10.1. The van der Waals surface area contributed by atoms with Crippen molar-refractivity contribution in [2.24, 2.45) is 0 Å². The van der Waals surface area contributed by atoms with Gasteiger partial charge in [-0.3, -0.25) is 0 Å². The Labute approximate surface area is 97.6 Å². The number of nitrogens with zero attached hydrogens (tertiary/aromatic N) is 2. The minimum Gasteiger partial charge on any atom is -0.373 e. The number of hydrogen-bond donors (Lipinski definition) is 0. The molecule has 1 aromatic rings. The van der Waals surface area contributed by atoms with Crippen LogP contribution in [0.15, 0.2) is 30.3 Å². The van der Waals surface area contributed by atoms with Gasteiger partial charge in [0, 0.05) is 25.3 Å². The maximum atomic E-state index is 5.76. The van der Waals surface area contributed by atoms with Crippen LogP contribution in [0.3, 0.4) is 0 Å². The summed E-state index contributed by atoms with van der Waals surface area (Å²) in [7, 11) is 4.18. The Morgan fingerprint density at radius 2 is 2.06 bits per heavy atom. The van der Waals surface area contributed by atoms with E-state index in [0.717, 1.165) is 26.2 Å². The molecule has 1 aliphatic rings. The van der Waals surface area contributed by atoms with Crippen molar-refractivity contribution in [1.82, 2.24) is 4.90 Å². The summed E-state index contributed by atoms with van der Waals surface area (Å²) in [5.74, 6) is 0. The van der Waals surface area contributed by atoms with Gasteiger partial charge in [-0.15, -0.1) is 0 Å². The van der Waals surface area contributed by atoms with Crippen molar-refractivity contribution in [2.45, 2.75) is 6.10 Å². The largest absolute Gasteiger partial charge is 0.373 e. The van der Waals surface area contributed by atoms with E-state index in [1.165, 1.54) is 5.69 Å². The first-order valence-corrected chi connectivity index (χ1v) is 5.82. The van der Waals surface area contributed by atoms with E-state index in [2.05, 4.69) is 54.2 Å². The zero-order chi connectivity index (χ0) is 11.4. The van der Waals surface area contributed by atoms with Crippen LogP contribution in [-0.2, 0) is 4.74 Å². The van der Waals surface area contributed by atoms with Gasteiger partial charge in [0.15, 0.2) is 0 Å². The van der Waals surface area contributed by atoms with E-state index >= 15 is 0 Å². The van der Waals surface area contributed by atoms with Crippen molar-refractivity contribution < 1.29 is 4.74 Å². The second-order valence-electron chi connectivity index (χ2n) is 4.54. The average Bonchev–Trinajstić information content (AvgIpc) is 2.30. The van der Waals surface area contributed by atoms with E-state index in [-0.39, 0.29) is 0 Å². The predicted octanol–water partition coefficient (Wildman–Crippen LogP) is 1.45. The molecule has 1 saturated heterocycles.